The fourth-order valence-electron chi connectivity index (χ4n) is 3.86. The van der Waals surface area contributed by atoms with E-state index in [2.05, 4.69) is 15.3 Å². The molecule has 2 heterocycles. The minimum Gasteiger partial charge on any atom is -0.497 e. The molecule has 0 radical (unpaired) electrons. The lowest BCUT2D eigenvalue weighted by Gasteiger charge is -2.35. The Hall–Kier alpha value is -2.55. The van der Waals surface area contributed by atoms with Crippen molar-refractivity contribution in [3.63, 3.8) is 0 Å². The van der Waals surface area contributed by atoms with Gasteiger partial charge in [-0.2, -0.15) is 0 Å². The minimum atomic E-state index is 0.0975. The van der Waals surface area contributed by atoms with Crippen molar-refractivity contribution < 1.29 is 14.3 Å². The average Bonchev–Trinajstić information content (AvgIpc) is 3.28. The van der Waals surface area contributed by atoms with Gasteiger partial charge in [0.05, 0.1) is 24.9 Å². The van der Waals surface area contributed by atoms with Crippen LogP contribution in [0.3, 0.4) is 0 Å². The summed E-state index contributed by atoms with van der Waals surface area (Å²) in [5, 5.41) is 3.19. The van der Waals surface area contributed by atoms with Gasteiger partial charge in [0.2, 0.25) is 0 Å². The van der Waals surface area contributed by atoms with Gasteiger partial charge >= 0.3 is 0 Å². The van der Waals surface area contributed by atoms with Crippen LogP contribution in [-0.2, 0) is 12.3 Å². The highest BCUT2D eigenvalue weighted by Gasteiger charge is 2.23. The summed E-state index contributed by atoms with van der Waals surface area (Å²) in [5.41, 5.74) is 2.94. The van der Waals surface area contributed by atoms with Gasteiger partial charge < -0.3 is 14.4 Å². The third-order valence-electron chi connectivity index (χ3n) is 5.70. The van der Waals surface area contributed by atoms with Crippen LogP contribution in [0.5, 0.6) is 11.5 Å². The molecule has 1 fully saturated rings. The Morgan fingerprint density at radius 3 is 2.45 bits per heavy atom. The molecule has 0 N–H and O–H groups in total. The third kappa shape index (κ3) is 6.07. The second-order valence-corrected chi connectivity index (χ2v) is 10.0. The Balaban J connectivity index is 1.29. The molecule has 174 valence electrons. The van der Waals surface area contributed by atoms with Gasteiger partial charge in [-0.15, -0.1) is 23.1 Å². The van der Waals surface area contributed by atoms with Crippen molar-refractivity contribution in [3.05, 3.63) is 69.7 Å². The summed E-state index contributed by atoms with van der Waals surface area (Å²) >= 11 is 3.42. The number of piperazine rings is 1. The SMILES string of the molecule is COc1ccc(OC)c(CN2CCN(C(=O)c3ccc(SCc4csc(C)n4)cc3)CC2)c1. The zero-order valence-electron chi connectivity index (χ0n) is 19.2. The van der Waals surface area contributed by atoms with Crippen molar-refractivity contribution in [1.29, 1.82) is 0 Å². The quantitative estimate of drug-likeness (QED) is 0.432. The van der Waals surface area contributed by atoms with E-state index in [1.165, 1.54) is 0 Å². The molecular weight excluding hydrogens is 454 g/mol. The van der Waals surface area contributed by atoms with E-state index < -0.39 is 0 Å². The normalized spacial score (nSPS) is 14.3. The molecule has 8 heteroatoms. The number of amides is 1. The summed E-state index contributed by atoms with van der Waals surface area (Å²) in [5.74, 6) is 2.62. The molecule has 1 saturated heterocycles. The van der Waals surface area contributed by atoms with Crippen LogP contribution in [0, 0.1) is 6.92 Å². The van der Waals surface area contributed by atoms with Crippen LogP contribution in [-0.4, -0.2) is 61.1 Å². The monoisotopic (exact) mass is 483 g/mol. The highest BCUT2D eigenvalue weighted by atomic mass is 32.2. The zero-order chi connectivity index (χ0) is 23.2. The van der Waals surface area contributed by atoms with Gasteiger partial charge in [0.25, 0.3) is 5.91 Å². The summed E-state index contributed by atoms with van der Waals surface area (Å²) in [6.07, 6.45) is 0. The number of aryl methyl sites for hydroxylation is 1. The van der Waals surface area contributed by atoms with Crippen LogP contribution < -0.4 is 9.47 Å². The number of benzene rings is 2. The minimum absolute atomic E-state index is 0.0975. The lowest BCUT2D eigenvalue weighted by molar-refractivity contribution is 0.0627. The first-order valence-electron chi connectivity index (χ1n) is 10.9. The second-order valence-electron chi connectivity index (χ2n) is 7.92. The van der Waals surface area contributed by atoms with E-state index >= 15 is 0 Å². The predicted octanol–water partition coefficient (Wildman–Crippen LogP) is 4.72. The van der Waals surface area contributed by atoms with E-state index in [1.54, 1.807) is 37.3 Å². The summed E-state index contributed by atoms with van der Waals surface area (Å²) in [6.45, 7) is 5.87. The first kappa shape index (κ1) is 23.6. The van der Waals surface area contributed by atoms with E-state index in [0.29, 0.717) is 13.1 Å². The molecule has 0 unspecified atom stereocenters. The number of hydrogen-bond donors (Lipinski definition) is 0. The van der Waals surface area contributed by atoms with Gasteiger partial charge in [0.15, 0.2) is 0 Å². The number of aromatic nitrogens is 1. The van der Waals surface area contributed by atoms with Gasteiger partial charge in [0.1, 0.15) is 11.5 Å². The molecule has 2 aromatic carbocycles. The zero-order valence-corrected chi connectivity index (χ0v) is 20.9. The van der Waals surface area contributed by atoms with Crippen LogP contribution >= 0.6 is 23.1 Å². The molecule has 0 spiro atoms. The van der Waals surface area contributed by atoms with Gasteiger partial charge in [0, 0.05) is 59.9 Å². The maximum absolute atomic E-state index is 13.0. The van der Waals surface area contributed by atoms with Crippen LogP contribution in [0.15, 0.2) is 52.7 Å². The summed E-state index contributed by atoms with van der Waals surface area (Å²) in [6, 6.07) is 13.8. The lowest BCUT2D eigenvalue weighted by atomic mass is 10.1. The highest BCUT2D eigenvalue weighted by Crippen LogP contribution is 2.26. The molecule has 6 nitrogen and oxygen atoms in total. The van der Waals surface area contributed by atoms with Gasteiger partial charge in [-0.25, -0.2) is 4.98 Å². The van der Waals surface area contributed by atoms with Crippen molar-refractivity contribution in [1.82, 2.24) is 14.8 Å². The third-order valence-corrected chi connectivity index (χ3v) is 7.56. The number of thioether (sulfide) groups is 1. The lowest BCUT2D eigenvalue weighted by Crippen LogP contribution is -2.48. The Bertz CT molecular complexity index is 1080. The van der Waals surface area contributed by atoms with Crippen molar-refractivity contribution in [2.45, 2.75) is 24.1 Å². The Morgan fingerprint density at radius 2 is 1.82 bits per heavy atom. The van der Waals surface area contributed by atoms with Crippen molar-refractivity contribution >= 4 is 29.0 Å². The predicted molar refractivity (Wildman–Crippen MR) is 134 cm³/mol. The van der Waals surface area contributed by atoms with Gasteiger partial charge in [-0.1, -0.05) is 0 Å². The smallest absolute Gasteiger partial charge is 0.253 e. The first-order valence-corrected chi connectivity index (χ1v) is 12.8. The topological polar surface area (TPSA) is 54.9 Å². The number of ether oxygens (including phenoxy) is 2. The molecular formula is C25H29N3O3S2. The number of nitrogens with zero attached hydrogens (tertiary/aromatic N) is 3. The average molecular weight is 484 g/mol. The largest absolute Gasteiger partial charge is 0.497 e. The Kier molecular flexibility index (Phi) is 7.90. The molecule has 4 rings (SSSR count). The van der Waals surface area contributed by atoms with E-state index in [9.17, 15) is 4.79 Å². The molecule has 3 aromatic rings. The maximum Gasteiger partial charge on any atom is 0.253 e. The fourth-order valence-corrected chi connectivity index (χ4v) is 5.37. The molecule has 0 atom stereocenters. The highest BCUT2D eigenvalue weighted by molar-refractivity contribution is 7.98. The van der Waals surface area contributed by atoms with Gasteiger partial charge in [-0.3, -0.25) is 9.69 Å². The number of rotatable bonds is 8. The molecule has 33 heavy (non-hydrogen) atoms. The number of methoxy groups -OCH3 is 2. The number of carbonyl (C=O) groups excluding carboxylic acids is 1. The van der Waals surface area contributed by atoms with Crippen LogP contribution in [0.25, 0.3) is 0 Å². The molecule has 0 saturated carbocycles. The van der Waals surface area contributed by atoms with Crippen molar-refractivity contribution in [3.8, 4) is 11.5 Å². The van der Waals surface area contributed by atoms with Crippen molar-refractivity contribution in [2.75, 3.05) is 40.4 Å². The standard InChI is InChI=1S/C25H29N3O3S2/c1-18-26-21(16-32-18)17-33-23-7-4-19(5-8-23)25(29)28-12-10-27(11-13-28)15-20-14-22(30-2)6-9-24(20)31-3/h4-9,14,16H,10-13,15,17H2,1-3H3. The van der Waals surface area contributed by atoms with Crippen LogP contribution in [0.4, 0.5) is 0 Å². The second kappa shape index (κ2) is 11.0. The molecule has 1 aromatic heterocycles. The molecule has 0 aliphatic carbocycles. The summed E-state index contributed by atoms with van der Waals surface area (Å²) < 4.78 is 10.9. The number of hydrogen-bond acceptors (Lipinski definition) is 7. The molecule has 1 aliphatic rings. The molecule has 1 amide bonds. The first-order chi connectivity index (χ1) is 16.1. The number of thiazole rings is 1. The van der Waals surface area contributed by atoms with Crippen molar-refractivity contribution in [2.24, 2.45) is 0 Å². The van der Waals surface area contributed by atoms with E-state index in [1.807, 2.05) is 54.3 Å². The molecule has 1 aliphatic heterocycles. The van der Waals surface area contributed by atoms with E-state index in [-0.39, 0.29) is 5.91 Å². The molecule has 0 bridgehead atoms. The Morgan fingerprint density at radius 1 is 1.06 bits per heavy atom. The van der Waals surface area contributed by atoms with Crippen LogP contribution in [0.2, 0.25) is 0 Å². The summed E-state index contributed by atoms with van der Waals surface area (Å²) in [4.78, 5) is 22.9. The summed E-state index contributed by atoms with van der Waals surface area (Å²) in [7, 11) is 3.36. The van der Waals surface area contributed by atoms with E-state index in [0.717, 1.165) is 63.6 Å². The van der Waals surface area contributed by atoms with Gasteiger partial charge in [-0.05, 0) is 49.4 Å². The van der Waals surface area contributed by atoms with E-state index in [4.69, 9.17) is 9.47 Å². The van der Waals surface area contributed by atoms with Crippen LogP contribution in [0.1, 0.15) is 26.6 Å². The number of carbonyl (C=O) groups is 1. The fraction of sp³-hybridized carbons (Fsp3) is 0.360. The maximum atomic E-state index is 13.0. The Labute approximate surface area is 203 Å².